The molecule has 0 spiro atoms. The normalized spacial score (nSPS) is 17.6. The molecule has 1 fully saturated rings. The molecule has 2 aromatic rings. The van der Waals surface area contributed by atoms with Crippen LogP contribution in [0.1, 0.15) is 28.0 Å². The maximum atomic E-state index is 13.5. The smallest absolute Gasteiger partial charge is 0.268 e. The average Bonchev–Trinajstić information content (AvgIpc) is 3.21. The van der Waals surface area contributed by atoms with E-state index in [1.807, 2.05) is 17.6 Å². The fourth-order valence-electron chi connectivity index (χ4n) is 3.30. The van der Waals surface area contributed by atoms with E-state index < -0.39 is 43.3 Å². The van der Waals surface area contributed by atoms with Gasteiger partial charge in [0.25, 0.3) is 11.8 Å². The Morgan fingerprint density at radius 1 is 1.30 bits per heavy atom. The van der Waals surface area contributed by atoms with Crippen LogP contribution >= 0.6 is 23.2 Å². The third kappa shape index (κ3) is 4.91. The van der Waals surface area contributed by atoms with Crippen LogP contribution in [0, 0.1) is 18.3 Å². The minimum absolute atomic E-state index is 0.323. The molecular weight excluding hydrogens is 437 g/mol. The number of aryl methyl sites for hydroxylation is 1. The van der Waals surface area contributed by atoms with Crippen molar-refractivity contribution in [2.75, 3.05) is 13.1 Å². The summed E-state index contributed by atoms with van der Waals surface area (Å²) in [5.74, 6) is -4.34. The van der Waals surface area contributed by atoms with Gasteiger partial charge in [-0.05, 0) is 30.7 Å². The fraction of sp³-hybridized carbons (Fsp3) is 0.350. The van der Waals surface area contributed by atoms with Gasteiger partial charge in [-0.1, -0.05) is 29.3 Å². The molecule has 1 saturated heterocycles. The molecule has 1 N–H and O–H groups in total. The van der Waals surface area contributed by atoms with Gasteiger partial charge in [-0.15, -0.1) is 0 Å². The topological polar surface area (TPSA) is 78.1 Å². The van der Waals surface area contributed by atoms with E-state index in [-0.39, 0.29) is 0 Å². The van der Waals surface area contributed by atoms with Gasteiger partial charge in [0, 0.05) is 24.9 Å². The van der Waals surface area contributed by atoms with Crippen molar-refractivity contribution in [2.45, 2.75) is 31.9 Å². The highest BCUT2D eigenvalue weighted by molar-refractivity contribution is 6.42. The summed E-state index contributed by atoms with van der Waals surface area (Å²) in [5, 5.41) is 12.3. The van der Waals surface area contributed by atoms with E-state index >= 15 is 0 Å². The standard InChI is InChI=1S/C20H18Cl2F2N4O2/c1-12-4-14(10-27(12)9-13-2-3-16(21)17(22)5-13)19(30)26-8-18(29)28-11-20(23,24)6-15(28)7-25/h2-5,10,15H,6,8-9,11H2,1H3,(H,26,30)/t15-/m0/s1. The van der Waals surface area contributed by atoms with Crippen LogP contribution in [0.3, 0.4) is 0 Å². The van der Waals surface area contributed by atoms with Crippen LogP contribution in [0.15, 0.2) is 30.5 Å². The first kappa shape index (κ1) is 22.1. The number of amides is 2. The van der Waals surface area contributed by atoms with Crippen molar-refractivity contribution in [3.63, 3.8) is 0 Å². The molecule has 0 aliphatic carbocycles. The van der Waals surface area contributed by atoms with E-state index in [4.69, 9.17) is 28.5 Å². The Kier molecular flexibility index (Phi) is 6.34. The summed E-state index contributed by atoms with van der Waals surface area (Å²) in [5.41, 5.74) is 2.02. The molecular formula is C20H18Cl2F2N4O2. The molecule has 0 unspecified atom stereocenters. The van der Waals surface area contributed by atoms with Gasteiger partial charge in [-0.25, -0.2) is 8.78 Å². The first-order chi connectivity index (χ1) is 14.1. The number of halogens is 4. The number of aromatic nitrogens is 1. The summed E-state index contributed by atoms with van der Waals surface area (Å²) in [7, 11) is 0. The number of nitrogens with one attached hydrogen (secondary N) is 1. The maximum Gasteiger partial charge on any atom is 0.268 e. The van der Waals surface area contributed by atoms with E-state index in [0.29, 0.717) is 22.2 Å². The first-order valence-electron chi connectivity index (χ1n) is 9.05. The average molecular weight is 455 g/mol. The Hall–Kier alpha value is -2.63. The summed E-state index contributed by atoms with van der Waals surface area (Å²) in [6.45, 7) is 0.994. The van der Waals surface area contributed by atoms with E-state index in [9.17, 15) is 18.4 Å². The van der Waals surface area contributed by atoms with Crippen molar-refractivity contribution in [2.24, 2.45) is 0 Å². The molecule has 1 aromatic carbocycles. The number of likely N-dealkylation sites (tertiary alicyclic amines) is 1. The van der Waals surface area contributed by atoms with Crippen LogP contribution in [0.5, 0.6) is 0 Å². The lowest BCUT2D eigenvalue weighted by molar-refractivity contribution is -0.131. The molecule has 3 rings (SSSR count). The fourth-order valence-corrected chi connectivity index (χ4v) is 3.62. The summed E-state index contributed by atoms with van der Waals surface area (Å²) < 4.78 is 28.8. The number of hydrogen-bond acceptors (Lipinski definition) is 3. The molecule has 1 aliphatic heterocycles. The Morgan fingerprint density at radius 3 is 2.70 bits per heavy atom. The van der Waals surface area contributed by atoms with Crippen molar-refractivity contribution in [3.05, 3.63) is 57.3 Å². The molecule has 158 valence electrons. The number of alkyl halides is 2. The van der Waals surface area contributed by atoms with Crippen molar-refractivity contribution < 1.29 is 18.4 Å². The van der Waals surface area contributed by atoms with Crippen molar-refractivity contribution >= 4 is 35.0 Å². The van der Waals surface area contributed by atoms with Crippen LogP contribution < -0.4 is 5.32 Å². The zero-order chi connectivity index (χ0) is 22.1. The summed E-state index contributed by atoms with van der Waals surface area (Å²) in [6.07, 6.45) is 0.930. The van der Waals surface area contributed by atoms with Gasteiger partial charge in [-0.2, -0.15) is 5.26 Å². The molecule has 1 atom stereocenters. The molecule has 0 radical (unpaired) electrons. The minimum atomic E-state index is -3.10. The third-order valence-electron chi connectivity index (χ3n) is 4.85. The Balaban J connectivity index is 1.62. The second kappa shape index (κ2) is 8.62. The molecule has 1 aromatic heterocycles. The second-order valence-corrected chi connectivity index (χ2v) is 7.97. The lowest BCUT2D eigenvalue weighted by Crippen LogP contribution is -2.42. The number of hydrogen-bond donors (Lipinski definition) is 1. The number of carbonyl (C=O) groups excluding carboxylic acids is 2. The van der Waals surface area contributed by atoms with Crippen LogP contribution in [-0.2, 0) is 11.3 Å². The quantitative estimate of drug-likeness (QED) is 0.748. The van der Waals surface area contributed by atoms with Crippen LogP contribution in [0.2, 0.25) is 10.0 Å². The van der Waals surface area contributed by atoms with Crippen LogP contribution in [0.25, 0.3) is 0 Å². The molecule has 2 heterocycles. The highest BCUT2D eigenvalue weighted by atomic mass is 35.5. The van der Waals surface area contributed by atoms with Gasteiger partial charge in [0.1, 0.15) is 6.04 Å². The predicted octanol–water partition coefficient (Wildman–Crippen LogP) is 3.64. The van der Waals surface area contributed by atoms with E-state index in [1.165, 1.54) is 0 Å². The first-order valence-corrected chi connectivity index (χ1v) is 9.81. The Bertz CT molecular complexity index is 1030. The summed E-state index contributed by atoms with van der Waals surface area (Å²) >= 11 is 12.0. The zero-order valence-electron chi connectivity index (χ0n) is 16.0. The Morgan fingerprint density at radius 2 is 2.03 bits per heavy atom. The summed E-state index contributed by atoms with van der Waals surface area (Å²) in [4.78, 5) is 25.4. The molecule has 6 nitrogen and oxygen atoms in total. The number of nitriles is 1. The van der Waals surface area contributed by atoms with Crippen molar-refractivity contribution in [1.29, 1.82) is 5.26 Å². The largest absolute Gasteiger partial charge is 0.347 e. The van der Waals surface area contributed by atoms with Gasteiger partial charge in [0.2, 0.25) is 5.91 Å². The maximum absolute atomic E-state index is 13.5. The number of nitrogens with zero attached hydrogens (tertiary/aromatic N) is 3. The highest BCUT2D eigenvalue weighted by Crippen LogP contribution is 2.31. The summed E-state index contributed by atoms with van der Waals surface area (Å²) in [6, 6.07) is 7.41. The number of rotatable bonds is 5. The predicted molar refractivity (Wildman–Crippen MR) is 108 cm³/mol. The lowest BCUT2D eigenvalue weighted by Gasteiger charge is -2.19. The molecule has 1 aliphatic rings. The van der Waals surface area contributed by atoms with Gasteiger partial charge in [0.05, 0.1) is 34.8 Å². The molecule has 10 heteroatoms. The number of benzene rings is 1. The number of carbonyl (C=O) groups is 2. The van der Waals surface area contributed by atoms with Crippen molar-refractivity contribution in [3.8, 4) is 6.07 Å². The van der Waals surface area contributed by atoms with Gasteiger partial charge in [-0.3, -0.25) is 9.59 Å². The van der Waals surface area contributed by atoms with E-state index in [2.05, 4.69) is 5.32 Å². The van der Waals surface area contributed by atoms with Gasteiger partial charge < -0.3 is 14.8 Å². The van der Waals surface area contributed by atoms with E-state index in [1.54, 1.807) is 30.5 Å². The highest BCUT2D eigenvalue weighted by Gasteiger charge is 2.47. The lowest BCUT2D eigenvalue weighted by atomic mass is 10.2. The monoisotopic (exact) mass is 454 g/mol. The molecule has 30 heavy (non-hydrogen) atoms. The third-order valence-corrected chi connectivity index (χ3v) is 5.59. The Labute approximate surface area is 182 Å². The van der Waals surface area contributed by atoms with Gasteiger partial charge >= 0.3 is 0 Å². The molecule has 0 bridgehead atoms. The van der Waals surface area contributed by atoms with Gasteiger partial charge in [0.15, 0.2) is 0 Å². The zero-order valence-corrected chi connectivity index (χ0v) is 17.5. The van der Waals surface area contributed by atoms with E-state index in [0.717, 1.165) is 16.2 Å². The minimum Gasteiger partial charge on any atom is -0.347 e. The van der Waals surface area contributed by atoms with Crippen LogP contribution in [-0.4, -0.2) is 46.3 Å². The SMILES string of the molecule is Cc1cc(C(=O)NCC(=O)N2CC(F)(F)C[C@H]2C#N)cn1Cc1ccc(Cl)c(Cl)c1. The molecule has 0 saturated carbocycles. The second-order valence-electron chi connectivity index (χ2n) is 7.16. The van der Waals surface area contributed by atoms with Crippen molar-refractivity contribution in [1.82, 2.24) is 14.8 Å². The molecule has 2 amide bonds. The van der Waals surface area contributed by atoms with Crippen LogP contribution in [0.4, 0.5) is 8.78 Å².